The van der Waals surface area contributed by atoms with Crippen LogP contribution in [0.15, 0.2) is 0 Å². The van der Waals surface area contributed by atoms with Crippen molar-refractivity contribution >= 4 is 7.80 Å². The molecule has 1 unspecified atom stereocenters. The molecule has 0 amide bonds. The highest BCUT2D eigenvalue weighted by atomic mass is 31.1. The van der Waals surface area contributed by atoms with E-state index in [1.807, 2.05) is 6.66 Å². The molecule has 0 aliphatic carbocycles. The van der Waals surface area contributed by atoms with E-state index in [1.165, 1.54) is 32.1 Å². The molecule has 1 radical (unpaired) electrons. The van der Waals surface area contributed by atoms with Crippen LogP contribution < -0.4 is 0 Å². The Morgan fingerprint density at radius 3 is 2.09 bits per heavy atom. The maximum absolute atomic E-state index is 10.7. The molecule has 11 heavy (non-hydrogen) atoms. The van der Waals surface area contributed by atoms with Crippen LogP contribution in [0.25, 0.3) is 0 Å². The predicted molar refractivity (Wildman–Crippen MR) is 51.8 cm³/mol. The third kappa shape index (κ3) is 10.1. The lowest BCUT2D eigenvalue weighted by molar-refractivity contribution is 0.584. The van der Waals surface area contributed by atoms with Crippen LogP contribution in [-0.4, -0.2) is 12.8 Å². The van der Waals surface area contributed by atoms with Crippen molar-refractivity contribution in [3.63, 3.8) is 0 Å². The lowest BCUT2D eigenvalue weighted by Gasteiger charge is -1.97. The first-order valence-electron chi connectivity index (χ1n) is 4.65. The van der Waals surface area contributed by atoms with Crippen LogP contribution >= 0.6 is 7.80 Å². The van der Waals surface area contributed by atoms with Crippen LogP contribution in [0.5, 0.6) is 0 Å². The van der Waals surface area contributed by atoms with Gasteiger partial charge < -0.3 is 0 Å². The second-order valence-electron chi connectivity index (χ2n) is 3.12. The Labute approximate surface area is 71.4 Å². The van der Waals surface area contributed by atoms with Gasteiger partial charge >= 0.3 is 0 Å². The molecule has 67 valence electrons. The summed E-state index contributed by atoms with van der Waals surface area (Å²) in [4.78, 5) is 0. The summed E-state index contributed by atoms with van der Waals surface area (Å²) in [7, 11) is -0.875. The molecular weight excluding hydrogens is 155 g/mol. The highest BCUT2D eigenvalue weighted by Gasteiger charge is 1.92. The Hall–Kier alpha value is 0.100. The molecule has 2 heteroatoms. The minimum absolute atomic E-state index is 0.875. The molecule has 0 bridgehead atoms. The molecule has 0 aromatic rings. The van der Waals surface area contributed by atoms with Crippen LogP contribution in [0.3, 0.4) is 0 Å². The van der Waals surface area contributed by atoms with Gasteiger partial charge in [-0.3, -0.25) is 4.57 Å². The zero-order chi connectivity index (χ0) is 8.53. The Bertz CT molecular complexity index is 102. The van der Waals surface area contributed by atoms with Gasteiger partial charge in [0.05, 0.1) is 7.80 Å². The molecule has 1 nitrogen and oxygen atoms in total. The van der Waals surface area contributed by atoms with Gasteiger partial charge in [-0.2, -0.15) is 0 Å². The SMILES string of the molecule is CCCCCCCC[P](C)=O. The number of unbranched alkanes of at least 4 members (excludes halogenated alkanes) is 5. The van der Waals surface area contributed by atoms with Crippen molar-refractivity contribution in [2.24, 2.45) is 0 Å². The van der Waals surface area contributed by atoms with E-state index in [0.29, 0.717) is 0 Å². The number of hydrogen-bond acceptors (Lipinski definition) is 1. The largest absolute Gasteiger partial charge is 0.287 e. The van der Waals surface area contributed by atoms with Gasteiger partial charge in [-0.1, -0.05) is 39.0 Å². The summed E-state index contributed by atoms with van der Waals surface area (Å²) in [5.74, 6) is 0. The van der Waals surface area contributed by atoms with Crippen LogP contribution in [0, 0.1) is 0 Å². The summed E-state index contributed by atoms with van der Waals surface area (Å²) in [6, 6.07) is 0. The summed E-state index contributed by atoms with van der Waals surface area (Å²) in [6.45, 7) is 4.05. The fraction of sp³-hybridized carbons (Fsp3) is 1.00. The fourth-order valence-corrected chi connectivity index (χ4v) is 1.78. The third-order valence-corrected chi connectivity index (χ3v) is 2.77. The predicted octanol–water partition coefficient (Wildman–Crippen LogP) is 3.80. The van der Waals surface area contributed by atoms with E-state index in [1.54, 1.807) is 0 Å². The van der Waals surface area contributed by atoms with Gasteiger partial charge in [0.1, 0.15) is 0 Å². The van der Waals surface area contributed by atoms with Crippen LogP contribution in [-0.2, 0) is 4.57 Å². The van der Waals surface area contributed by atoms with Crippen LogP contribution in [0.4, 0.5) is 0 Å². The molecule has 0 spiro atoms. The van der Waals surface area contributed by atoms with Gasteiger partial charge in [0.15, 0.2) is 0 Å². The highest BCUT2D eigenvalue weighted by molar-refractivity contribution is 7.43. The number of rotatable bonds is 7. The Balaban J connectivity index is 2.85. The van der Waals surface area contributed by atoms with Crippen molar-refractivity contribution < 1.29 is 4.57 Å². The summed E-state index contributed by atoms with van der Waals surface area (Å²) in [5, 5.41) is 0. The molecule has 0 aromatic heterocycles. The van der Waals surface area contributed by atoms with E-state index in [9.17, 15) is 4.57 Å². The van der Waals surface area contributed by atoms with Crippen molar-refractivity contribution in [2.75, 3.05) is 12.8 Å². The van der Waals surface area contributed by atoms with Gasteiger partial charge in [0.2, 0.25) is 0 Å². The average Bonchev–Trinajstić information content (AvgIpc) is 1.96. The van der Waals surface area contributed by atoms with E-state index in [0.717, 1.165) is 12.6 Å². The van der Waals surface area contributed by atoms with E-state index in [4.69, 9.17) is 0 Å². The highest BCUT2D eigenvalue weighted by Crippen LogP contribution is 2.17. The van der Waals surface area contributed by atoms with E-state index in [-0.39, 0.29) is 0 Å². The first kappa shape index (κ1) is 11.1. The zero-order valence-electron chi connectivity index (χ0n) is 7.81. The summed E-state index contributed by atoms with van der Waals surface area (Å²) in [6.07, 6.45) is 8.72. The summed E-state index contributed by atoms with van der Waals surface area (Å²) < 4.78 is 10.7. The molecule has 0 heterocycles. The molecular formula is C9H20OP. The Kier molecular flexibility index (Phi) is 8.27. The number of hydrogen-bond donors (Lipinski definition) is 0. The van der Waals surface area contributed by atoms with Gasteiger partial charge in [-0.15, -0.1) is 0 Å². The smallest absolute Gasteiger partial charge is 0.0686 e. The van der Waals surface area contributed by atoms with Crippen LogP contribution in [0.2, 0.25) is 0 Å². The quantitative estimate of drug-likeness (QED) is 0.425. The molecule has 0 rings (SSSR count). The second kappa shape index (κ2) is 8.20. The summed E-state index contributed by atoms with van der Waals surface area (Å²) >= 11 is 0. The van der Waals surface area contributed by atoms with E-state index >= 15 is 0 Å². The van der Waals surface area contributed by atoms with Crippen molar-refractivity contribution in [1.82, 2.24) is 0 Å². The Morgan fingerprint density at radius 2 is 1.55 bits per heavy atom. The first-order chi connectivity index (χ1) is 5.27. The van der Waals surface area contributed by atoms with Gasteiger partial charge in [-0.25, -0.2) is 0 Å². The minimum atomic E-state index is -0.875. The molecule has 0 saturated heterocycles. The molecule has 1 atom stereocenters. The maximum Gasteiger partial charge on any atom is 0.0686 e. The topological polar surface area (TPSA) is 17.1 Å². The molecule has 0 saturated carbocycles. The maximum atomic E-state index is 10.7. The standard InChI is InChI=1S/C9H20OP/c1-3-4-5-6-7-8-9-11(2)10/h3-9H2,1-2H3. The second-order valence-corrected chi connectivity index (χ2v) is 4.82. The molecule has 0 aliphatic rings. The van der Waals surface area contributed by atoms with E-state index < -0.39 is 7.80 Å². The Morgan fingerprint density at radius 1 is 1.00 bits per heavy atom. The molecule has 0 aromatic carbocycles. The van der Waals surface area contributed by atoms with Gasteiger partial charge in [0, 0.05) is 12.8 Å². The van der Waals surface area contributed by atoms with E-state index in [2.05, 4.69) is 6.92 Å². The monoisotopic (exact) mass is 175 g/mol. The third-order valence-electron chi connectivity index (χ3n) is 1.83. The first-order valence-corrected chi connectivity index (χ1v) is 6.55. The van der Waals surface area contributed by atoms with Crippen LogP contribution in [0.1, 0.15) is 45.4 Å². The lowest BCUT2D eigenvalue weighted by Crippen LogP contribution is -1.80. The van der Waals surface area contributed by atoms with Gasteiger partial charge in [-0.05, 0) is 6.42 Å². The van der Waals surface area contributed by atoms with Gasteiger partial charge in [0.25, 0.3) is 0 Å². The lowest BCUT2D eigenvalue weighted by atomic mass is 10.1. The summed E-state index contributed by atoms with van der Waals surface area (Å²) in [5.41, 5.74) is 0. The molecule has 0 N–H and O–H groups in total. The normalized spacial score (nSPS) is 11.6. The van der Waals surface area contributed by atoms with Crippen molar-refractivity contribution in [3.8, 4) is 0 Å². The van der Waals surface area contributed by atoms with Crippen molar-refractivity contribution in [3.05, 3.63) is 0 Å². The van der Waals surface area contributed by atoms with Crippen molar-refractivity contribution in [2.45, 2.75) is 45.4 Å². The minimum Gasteiger partial charge on any atom is -0.287 e. The van der Waals surface area contributed by atoms with Crippen molar-refractivity contribution in [1.29, 1.82) is 0 Å². The molecule has 0 fully saturated rings. The average molecular weight is 175 g/mol. The zero-order valence-corrected chi connectivity index (χ0v) is 8.70. The molecule has 0 aliphatic heterocycles. The fourth-order valence-electron chi connectivity index (χ4n) is 1.11.